The lowest BCUT2D eigenvalue weighted by molar-refractivity contribution is 0.174. The Morgan fingerprint density at radius 2 is 2.19 bits per heavy atom. The van der Waals surface area contributed by atoms with Gasteiger partial charge in [0.2, 0.25) is 6.79 Å². The Hall–Kier alpha value is -3.00. The van der Waals surface area contributed by atoms with Gasteiger partial charge in [-0.2, -0.15) is 0 Å². The maximum absolute atomic E-state index is 12.6. The third-order valence-corrected chi connectivity index (χ3v) is 5.31. The average molecular weight is 428 g/mol. The number of ether oxygens (including phenoxy) is 3. The van der Waals surface area contributed by atoms with E-state index < -0.39 is 0 Å². The number of pyridine rings is 1. The lowest BCUT2D eigenvalue weighted by atomic mass is 10.1. The maximum atomic E-state index is 12.6. The molecule has 5 rings (SSSR count). The molecule has 0 spiro atoms. The van der Waals surface area contributed by atoms with Crippen LogP contribution in [0.1, 0.15) is 5.56 Å². The van der Waals surface area contributed by atoms with Gasteiger partial charge in [-0.3, -0.25) is 4.57 Å². The van der Waals surface area contributed by atoms with Gasteiger partial charge >= 0.3 is 5.69 Å². The number of halogens is 1. The lowest BCUT2D eigenvalue weighted by Crippen LogP contribution is -2.17. The molecule has 27 heavy (non-hydrogen) atoms. The first-order chi connectivity index (χ1) is 13.2. The van der Waals surface area contributed by atoms with Crippen LogP contribution in [0.3, 0.4) is 0 Å². The predicted octanol–water partition coefficient (Wildman–Crippen LogP) is 3.43. The van der Waals surface area contributed by atoms with E-state index in [9.17, 15) is 4.79 Å². The number of methoxy groups -OCH3 is 1. The molecule has 3 heterocycles. The fourth-order valence-electron chi connectivity index (χ4n) is 3.41. The molecule has 4 aromatic rings. The second kappa shape index (κ2) is 6.02. The maximum Gasteiger partial charge on any atom is 0.326 e. The minimum Gasteiger partial charge on any atom is -0.496 e. The van der Waals surface area contributed by atoms with Gasteiger partial charge in [0.1, 0.15) is 11.3 Å². The molecule has 0 atom stereocenters. The summed E-state index contributed by atoms with van der Waals surface area (Å²) < 4.78 is 18.9. The summed E-state index contributed by atoms with van der Waals surface area (Å²) in [6.07, 6.45) is 1.65. The molecule has 0 saturated carbocycles. The van der Waals surface area contributed by atoms with E-state index in [-0.39, 0.29) is 12.5 Å². The number of fused-ring (bicyclic) bond motifs is 5. The number of hydrogen-bond donors (Lipinski definition) is 1. The Labute approximate surface area is 161 Å². The van der Waals surface area contributed by atoms with Crippen molar-refractivity contribution in [3.8, 4) is 17.2 Å². The third kappa shape index (κ3) is 2.48. The molecule has 1 N–H and O–H groups in total. The number of hydrogen-bond acceptors (Lipinski definition) is 5. The number of imidazole rings is 1. The molecule has 2 aromatic heterocycles. The van der Waals surface area contributed by atoms with Crippen LogP contribution in [0, 0.1) is 0 Å². The van der Waals surface area contributed by atoms with Crippen molar-refractivity contribution < 1.29 is 14.2 Å². The number of rotatable bonds is 3. The van der Waals surface area contributed by atoms with E-state index in [4.69, 9.17) is 14.2 Å². The first-order valence-electron chi connectivity index (χ1n) is 8.28. The first-order valence-corrected chi connectivity index (χ1v) is 9.07. The Morgan fingerprint density at radius 3 is 3.04 bits per heavy atom. The Morgan fingerprint density at radius 1 is 1.30 bits per heavy atom. The summed E-state index contributed by atoms with van der Waals surface area (Å²) >= 11 is 3.45. The lowest BCUT2D eigenvalue weighted by Gasteiger charge is -2.09. The van der Waals surface area contributed by atoms with Crippen LogP contribution in [-0.2, 0) is 6.54 Å². The van der Waals surface area contributed by atoms with Gasteiger partial charge in [0.15, 0.2) is 11.5 Å². The zero-order chi connectivity index (χ0) is 18.5. The van der Waals surface area contributed by atoms with Crippen molar-refractivity contribution in [3.05, 3.63) is 57.0 Å². The van der Waals surface area contributed by atoms with E-state index in [2.05, 4.69) is 25.9 Å². The third-order valence-electron chi connectivity index (χ3n) is 4.66. The first kappa shape index (κ1) is 16.2. The number of aromatic amines is 1. The molecule has 0 aliphatic carbocycles. The largest absolute Gasteiger partial charge is 0.496 e. The summed E-state index contributed by atoms with van der Waals surface area (Å²) in [4.78, 5) is 20.0. The van der Waals surface area contributed by atoms with Gasteiger partial charge in [0.05, 0.1) is 35.4 Å². The Bertz CT molecular complexity index is 1260. The van der Waals surface area contributed by atoms with E-state index >= 15 is 0 Å². The number of aromatic nitrogens is 3. The van der Waals surface area contributed by atoms with Crippen molar-refractivity contribution in [1.82, 2.24) is 14.5 Å². The number of nitrogens with zero attached hydrogens (tertiary/aromatic N) is 2. The summed E-state index contributed by atoms with van der Waals surface area (Å²) in [5.74, 6) is 1.99. The van der Waals surface area contributed by atoms with Gasteiger partial charge in [-0.15, -0.1) is 0 Å². The normalized spacial score (nSPS) is 12.8. The van der Waals surface area contributed by atoms with Crippen LogP contribution in [-0.4, -0.2) is 28.4 Å². The molecule has 7 nitrogen and oxygen atoms in total. The highest BCUT2D eigenvalue weighted by Gasteiger charge is 2.21. The molecule has 2 aromatic carbocycles. The van der Waals surface area contributed by atoms with Crippen LogP contribution in [0.4, 0.5) is 0 Å². The monoisotopic (exact) mass is 427 g/mol. The topological polar surface area (TPSA) is 78.4 Å². The van der Waals surface area contributed by atoms with Crippen molar-refractivity contribution in [2.75, 3.05) is 13.9 Å². The Balaban J connectivity index is 1.72. The number of benzene rings is 2. The van der Waals surface area contributed by atoms with Crippen molar-refractivity contribution >= 4 is 37.9 Å². The van der Waals surface area contributed by atoms with Crippen molar-refractivity contribution in [2.24, 2.45) is 0 Å². The van der Waals surface area contributed by atoms with Crippen molar-refractivity contribution in [3.63, 3.8) is 0 Å². The van der Waals surface area contributed by atoms with Crippen LogP contribution in [0.25, 0.3) is 21.9 Å². The summed E-state index contributed by atoms with van der Waals surface area (Å²) in [6.45, 7) is 0.572. The molecule has 0 unspecified atom stereocenters. The fraction of sp³-hybridized carbons (Fsp3) is 0.158. The number of H-pyrrole nitrogens is 1. The molecule has 0 saturated heterocycles. The second-order valence-corrected chi connectivity index (χ2v) is 7.06. The minimum atomic E-state index is -0.196. The molecule has 1 aliphatic heterocycles. The van der Waals surface area contributed by atoms with Gasteiger partial charge in [-0.25, -0.2) is 9.78 Å². The fourth-order valence-corrected chi connectivity index (χ4v) is 3.82. The molecular formula is C19H14BrN3O4. The average Bonchev–Trinajstić information content (AvgIpc) is 3.27. The van der Waals surface area contributed by atoms with E-state index in [0.717, 1.165) is 26.7 Å². The molecule has 0 fully saturated rings. The highest BCUT2D eigenvalue weighted by Crippen LogP contribution is 2.39. The van der Waals surface area contributed by atoms with Crippen molar-refractivity contribution in [2.45, 2.75) is 6.54 Å². The summed E-state index contributed by atoms with van der Waals surface area (Å²) in [6, 6.07) is 9.52. The zero-order valence-corrected chi connectivity index (χ0v) is 15.9. The van der Waals surface area contributed by atoms with Gasteiger partial charge in [0, 0.05) is 5.39 Å². The summed E-state index contributed by atoms with van der Waals surface area (Å²) in [5, 5.41) is 0.833. The summed E-state index contributed by atoms with van der Waals surface area (Å²) in [5.41, 5.74) is 2.89. The second-order valence-electron chi connectivity index (χ2n) is 6.20. The summed E-state index contributed by atoms with van der Waals surface area (Å²) in [7, 11) is 1.61. The van der Waals surface area contributed by atoms with Crippen LogP contribution >= 0.6 is 15.9 Å². The van der Waals surface area contributed by atoms with E-state index in [1.807, 2.05) is 30.3 Å². The van der Waals surface area contributed by atoms with Crippen LogP contribution in [0.15, 0.2) is 45.8 Å². The van der Waals surface area contributed by atoms with Gasteiger partial charge in [0.25, 0.3) is 0 Å². The molecule has 8 heteroatoms. The molecule has 0 bridgehead atoms. The van der Waals surface area contributed by atoms with Crippen LogP contribution < -0.4 is 19.9 Å². The number of nitrogens with one attached hydrogen (secondary N) is 1. The highest BCUT2D eigenvalue weighted by atomic mass is 79.9. The van der Waals surface area contributed by atoms with Gasteiger partial charge in [-0.1, -0.05) is 6.07 Å². The standard InChI is InChI=1S/C19H14BrN3O4/c1-25-15-6-10(2-4-12(15)20)8-23-17-11-3-5-14-18(27-9-26-14)16(11)21-7-13(17)22-19(23)24/h2-7H,8-9H2,1H3,(H,22,24). The van der Waals surface area contributed by atoms with Crippen LogP contribution in [0.2, 0.25) is 0 Å². The predicted molar refractivity (Wildman–Crippen MR) is 104 cm³/mol. The molecule has 0 radical (unpaired) electrons. The van der Waals surface area contributed by atoms with E-state index in [0.29, 0.717) is 29.1 Å². The Kier molecular flexibility index (Phi) is 3.61. The van der Waals surface area contributed by atoms with Crippen molar-refractivity contribution in [1.29, 1.82) is 0 Å². The minimum absolute atomic E-state index is 0.173. The molecular weight excluding hydrogens is 414 g/mol. The molecule has 1 aliphatic rings. The molecule has 136 valence electrons. The SMILES string of the molecule is COc1cc(Cn2c(=O)[nH]c3cnc4c5c(ccc4c32)OCO5)ccc1Br. The van der Waals surface area contributed by atoms with E-state index in [1.54, 1.807) is 17.9 Å². The zero-order valence-electron chi connectivity index (χ0n) is 14.3. The van der Waals surface area contributed by atoms with Gasteiger partial charge in [-0.05, 0) is 45.8 Å². The molecule has 0 amide bonds. The van der Waals surface area contributed by atoms with Crippen LogP contribution in [0.5, 0.6) is 17.2 Å². The highest BCUT2D eigenvalue weighted by molar-refractivity contribution is 9.10. The smallest absolute Gasteiger partial charge is 0.326 e. The van der Waals surface area contributed by atoms with E-state index in [1.165, 1.54) is 0 Å². The van der Waals surface area contributed by atoms with Gasteiger partial charge < -0.3 is 19.2 Å². The quantitative estimate of drug-likeness (QED) is 0.541.